The smallest absolute Gasteiger partial charge is 0.329 e. The van der Waals surface area contributed by atoms with Crippen LogP contribution in [0.15, 0.2) is 0 Å². The number of aliphatic carboxylic acids is 1. The van der Waals surface area contributed by atoms with Crippen molar-refractivity contribution in [2.24, 2.45) is 5.92 Å². The first-order valence-electron chi connectivity index (χ1n) is 6.19. The molecule has 0 aromatic rings. The first-order valence-corrected chi connectivity index (χ1v) is 6.19. The van der Waals surface area contributed by atoms with E-state index in [0.717, 1.165) is 12.8 Å². The zero-order valence-electron chi connectivity index (χ0n) is 10.6. The molecule has 1 amide bonds. The summed E-state index contributed by atoms with van der Waals surface area (Å²) >= 11 is 0. The van der Waals surface area contributed by atoms with Gasteiger partial charge in [0.2, 0.25) is 5.91 Å². The Labute approximate surface area is 102 Å². The van der Waals surface area contributed by atoms with Crippen LogP contribution < -0.4 is 10.6 Å². The number of hydrogen-bond acceptors (Lipinski definition) is 3. The Kier molecular flexibility index (Phi) is 4.93. The van der Waals surface area contributed by atoms with Crippen LogP contribution in [0.1, 0.15) is 39.0 Å². The van der Waals surface area contributed by atoms with Crippen molar-refractivity contribution >= 4 is 11.9 Å². The molecule has 0 unspecified atom stereocenters. The Bertz CT molecular complexity index is 283. The van der Waals surface area contributed by atoms with Gasteiger partial charge in [0, 0.05) is 13.0 Å². The minimum atomic E-state index is -1.03. The maximum absolute atomic E-state index is 11.6. The van der Waals surface area contributed by atoms with E-state index in [9.17, 15) is 14.7 Å². The molecule has 0 spiro atoms. The van der Waals surface area contributed by atoms with Gasteiger partial charge in [0.05, 0.1) is 0 Å². The maximum Gasteiger partial charge on any atom is 0.329 e. The van der Waals surface area contributed by atoms with Gasteiger partial charge in [-0.3, -0.25) is 4.79 Å². The Morgan fingerprint density at radius 1 is 1.35 bits per heavy atom. The van der Waals surface area contributed by atoms with Crippen molar-refractivity contribution in [3.8, 4) is 0 Å². The molecule has 0 radical (unpaired) electrons. The third kappa shape index (κ3) is 3.70. The zero-order valence-corrected chi connectivity index (χ0v) is 10.6. The minimum Gasteiger partial charge on any atom is -0.480 e. The van der Waals surface area contributed by atoms with Crippen LogP contribution in [0.3, 0.4) is 0 Å². The lowest BCUT2D eigenvalue weighted by molar-refractivity contribution is -0.149. The summed E-state index contributed by atoms with van der Waals surface area (Å²) in [7, 11) is 1.77. The van der Waals surface area contributed by atoms with Gasteiger partial charge in [0.15, 0.2) is 0 Å². The average molecular weight is 242 g/mol. The lowest BCUT2D eigenvalue weighted by atomic mass is 9.77. The van der Waals surface area contributed by atoms with Gasteiger partial charge in [-0.05, 0) is 38.6 Å². The van der Waals surface area contributed by atoms with Gasteiger partial charge >= 0.3 is 5.97 Å². The molecular formula is C12H22N2O3. The van der Waals surface area contributed by atoms with Gasteiger partial charge in [0.25, 0.3) is 0 Å². The normalized spacial score (nSPS) is 28.7. The van der Waals surface area contributed by atoms with Crippen LogP contribution in [-0.2, 0) is 9.59 Å². The van der Waals surface area contributed by atoms with E-state index in [2.05, 4.69) is 17.6 Å². The number of carbonyl (C=O) groups is 2. The monoisotopic (exact) mass is 242 g/mol. The predicted molar refractivity (Wildman–Crippen MR) is 64.7 cm³/mol. The topological polar surface area (TPSA) is 78.4 Å². The molecule has 0 heterocycles. The van der Waals surface area contributed by atoms with E-state index in [1.165, 1.54) is 0 Å². The number of amides is 1. The molecule has 5 heteroatoms. The molecule has 0 aliphatic heterocycles. The average Bonchev–Trinajstić information content (AvgIpc) is 2.29. The number of carbonyl (C=O) groups excluding carboxylic acids is 1. The molecule has 3 N–H and O–H groups in total. The third-order valence-electron chi connectivity index (χ3n) is 3.52. The van der Waals surface area contributed by atoms with Crippen LogP contribution in [0.25, 0.3) is 0 Å². The van der Waals surface area contributed by atoms with Crippen LogP contribution in [0, 0.1) is 5.92 Å². The van der Waals surface area contributed by atoms with Crippen molar-refractivity contribution in [2.45, 2.75) is 44.6 Å². The highest BCUT2D eigenvalue weighted by Gasteiger charge is 2.42. The lowest BCUT2D eigenvalue weighted by Gasteiger charge is -2.36. The number of hydrogen-bond donors (Lipinski definition) is 3. The fourth-order valence-corrected chi connectivity index (χ4v) is 2.22. The van der Waals surface area contributed by atoms with Gasteiger partial charge < -0.3 is 15.7 Å². The Morgan fingerprint density at radius 2 is 1.94 bits per heavy atom. The van der Waals surface area contributed by atoms with Crippen molar-refractivity contribution in [1.82, 2.24) is 10.6 Å². The summed E-state index contributed by atoms with van der Waals surface area (Å²) in [5.41, 5.74) is -1.03. The fourth-order valence-electron chi connectivity index (χ4n) is 2.22. The molecule has 0 bridgehead atoms. The van der Waals surface area contributed by atoms with E-state index in [0.29, 0.717) is 31.7 Å². The van der Waals surface area contributed by atoms with Crippen LogP contribution in [-0.4, -0.2) is 36.1 Å². The van der Waals surface area contributed by atoms with E-state index >= 15 is 0 Å². The zero-order chi connectivity index (χ0) is 12.9. The second-order valence-corrected chi connectivity index (χ2v) is 4.97. The molecule has 1 aliphatic carbocycles. The van der Waals surface area contributed by atoms with Gasteiger partial charge in [-0.15, -0.1) is 0 Å². The van der Waals surface area contributed by atoms with Crippen molar-refractivity contribution in [2.75, 3.05) is 13.6 Å². The number of carboxylic acids is 1. The highest BCUT2D eigenvalue weighted by Crippen LogP contribution is 2.32. The van der Waals surface area contributed by atoms with Crippen molar-refractivity contribution in [1.29, 1.82) is 0 Å². The number of carboxylic acid groups (broad SMARTS) is 1. The SMILES string of the molecule is CNCCC(=O)NC1(C(=O)O)CCC(C)CC1. The first-order chi connectivity index (χ1) is 8.00. The highest BCUT2D eigenvalue weighted by atomic mass is 16.4. The second kappa shape index (κ2) is 6.00. The molecule has 1 aliphatic rings. The van der Waals surface area contributed by atoms with E-state index < -0.39 is 11.5 Å². The van der Waals surface area contributed by atoms with E-state index in [1.54, 1.807) is 7.05 Å². The summed E-state index contributed by atoms with van der Waals surface area (Å²) in [6.07, 6.45) is 3.11. The molecular weight excluding hydrogens is 220 g/mol. The Morgan fingerprint density at radius 3 is 2.41 bits per heavy atom. The van der Waals surface area contributed by atoms with Gasteiger partial charge in [-0.2, -0.15) is 0 Å². The van der Waals surface area contributed by atoms with Crippen LogP contribution >= 0.6 is 0 Å². The Balaban J connectivity index is 2.60. The standard InChI is InChI=1S/C12H22N2O3/c1-9-3-6-12(7-4-9,11(16)17)14-10(15)5-8-13-2/h9,13H,3-8H2,1-2H3,(H,14,15)(H,16,17). The molecule has 5 nitrogen and oxygen atoms in total. The van der Waals surface area contributed by atoms with Crippen molar-refractivity contribution in [3.05, 3.63) is 0 Å². The van der Waals surface area contributed by atoms with E-state index in [-0.39, 0.29) is 5.91 Å². The summed E-state index contributed by atoms with van der Waals surface area (Å²) < 4.78 is 0. The molecule has 0 aromatic carbocycles. The number of nitrogens with one attached hydrogen (secondary N) is 2. The van der Waals surface area contributed by atoms with Crippen molar-refractivity contribution < 1.29 is 14.7 Å². The van der Waals surface area contributed by atoms with Crippen LogP contribution in [0.2, 0.25) is 0 Å². The molecule has 17 heavy (non-hydrogen) atoms. The summed E-state index contributed by atoms with van der Waals surface area (Å²) in [5.74, 6) is -0.532. The molecule has 98 valence electrons. The largest absolute Gasteiger partial charge is 0.480 e. The molecule has 0 aromatic heterocycles. The van der Waals surface area contributed by atoms with Crippen LogP contribution in [0.4, 0.5) is 0 Å². The summed E-state index contributed by atoms with van der Waals surface area (Å²) in [6.45, 7) is 2.69. The fraction of sp³-hybridized carbons (Fsp3) is 0.833. The lowest BCUT2D eigenvalue weighted by Crippen LogP contribution is -2.56. The number of rotatable bonds is 5. The highest BCUT2D eigenvalue weighted by molar-refractivity contribution is 5.87. The Hall–Kier alpha value is -1.10. The van der Waals surface area contributed by atoms with E-state index in [4.69, 9.17) is 0 Å². The predicted octanol–water partition coefficient (Wildman–Crippen LogP) is 0.746. The third-order valence-corrected chi connectivity index (χ3v) is 3.52. The van der Waals surface area contributed by atoms with Gasteiger partial charge in [-0.25, -0.2) is 4.79 Å². The van der Waals surface area contributed by atoms with Gasteiger partial charge in [-0.1, -0.05) is 6.92 Å². The van der Waals surface area contributed by atoms with Crippen LogP contribution in [0.5, 0.6) is 0 Å². The molecule has 1 rings (SSSR count). The second-order valence-electron chi connectivity index (χ2n) is 4.97. The summed E-state index contributed by atoms with van der Waals surface area (Å²) in [6, 6.07) is 0. The molecule has 1 fully saturated rings. The quantitative estimate of drug-likeness (QED) is 0.664. The summed E-state index contributed by atoms with van der Waals surface area (Å²) in [4.78, 5) is 23.0. The van der Waals surface area contributed by atoms with Gasteiger partial charge in [0.1, 0.15) is 5.54 Å². The maximum atomic E-state index is 11.6. The summed E-state index contributed by atoms with van der Waals surface area (Å²) in [5, 5.41) is 14.9. The molecule has 1 saturated carbocycles. The molecule has 0 atom stereocenters. The van der Waals surface area contributed by atoms with Crippen molar-refractivity contribution in [3.63, 3.8) is 0 Å². The minimum absolute atomic E-state index is 0.184. The molecule has 0 saturated heterocycles. The first kappa shape index (κ1) is 14.0. The van der Waals surface area contributed by atoms with E-state index in [1.807, 2.05) is 0 Å².